The maximum atomic E-state index is 11.3. The summed E-state index contributed by atoms with van der Waals surface area (Å²) in [5, 5.41) is 0. The van der Waals surface area contributed by atoms with Gasteiger partial charge in [-0.05, 0) is 30.3 Å². The monoisotopic (exact) mass is 293 g/mol. The van der Waals surface area contributed by atoms with Crippen molar-refractivity contribution in [1.82, 2.24) is 0 Å². The van der Waals surface area contributed by atoms with Crippen molar-refractivity contribution in [2.45, 2.75) is 10.6 Å². The fourth-order valence-electron chi connectivity index (χ4n) is 1.58. The smallest absolute Gasteiger partial charge is 0.373 e. The normalized spacial score (nSPS) is 10.3. The van der Waals surface area contributed by atoms with Crippen molar-refractivity contribution in [2.24, 2.45) is 0 Å². The number of hydrogen-bond donors (Lipinski definition) is 1. The van der Waals surface area contributed by atoms with Crippen LogP contribution in [0, 0.1) is 0 Å². The zero-order chi connectivity index (χ0) is 14.5. The molecule has 0 bridgehead atoms. The Balaban J connectivity index is 2.05. The number of hydrogen-bond acceptors (Lipinski definition) is 6. The van der Waals surface area contributed by atoms with Gasteiger partial charge in [0.05, 0.1) is 20.0 Å². The quantitative estimate of drug-likeness (QED) is 0.519. The third-order valence-corrected chi connectivity index (χ3v) is 3.73. The molecule has 20 heavy (non-hydrogen) atoms. The number of nitrogens with two attached hydrogens (primary N) is 1. The van der Waals surface area contributed by atoms with Gasteiger partial charge in [0.25, 0.3) is 0 Å². The summed E-state index contributed by atoms with van der Waals surface area (Å²) in [6.07, 6.45) is 0. The van der Waals surface area contributed by atoms with Crippen molar-refractivity contribution < 1.29 is 18.7 Å². The van der Waals surface area contributed by atoms with Gasteiger partial charge in [-0.15, -0.1) is 11.8 Å². The van der Waals surface area contributed by atoms with Crippen LogP contribution in [0.15, 0.2) is 39.6 Å². The van der Waals surface area contributed by atoms with E-state index in [9.17, 15) is 4.79 Å². The van der Waals surface area contributed by atoms with Crippen LogP contribution in [0.3, 0.4) is 0 Å². The molecule has 1 heterocycles. The average Bonchev–Trinajstić information content (AvgIpc) is 2.94. The molecule has 0 aliphatic carbocycles. The molecule has 0 saturated heterocycles. The molecule has 2 aromatic rings. The Bertz CT molecular complexity index is 609. The van der Waals surface area contributed by atoms with Gasteiger partial charge in [0, 0.05) is 10.6 Å². The van der Waals surface area contributed by atoms with Crippen LogP contribution in [0.2, 0.25) is 0 Å². The Morgan fingerprint density at radius 1 is 1.30 bits per heavy atom. The molecular weight excluding hydrogens is 278 g/mol. The topological polar surface area (TPSA) is 74.7 Å². The molecule has 5 nitrogen and oxygen atoms in total. The lowest BCUT2D eigenvalue weighted by Crippen LogP contribution is -1.98. The Kier molecular flexibility index (Phi) is 4.57. The number of anilines is 1. The molecule has 1 aromatic carbocycles. The first-order chi connectivity index (χ1) is 9.63. The molecule has 1 aromatic heterocycles. The van der Waals surface area contributed by atoms with Gasteiger partial charge in [-0.3, -0.25) is 0 Å². The second kappa shape index (κ2) is 6.38. The summed E-state index contributed by atoms with van der Waals surface area (Å²) in [6.45, 7) is 0. The summed E-state index contributed by atoms with van der Waals surface area (Å²) in [6, 6.07) is 8.81. The van der Waals surface area contributed by atoms with E-state index in [0.717, 1.165) is 10.6 Å². The van der Waals surface area contributed by atoms with Gasteiger partial charge in [-0.1, -0.05) is 0 Å². The molecule has 0 aliphatic rings. The highest BCUT2D eigenvalue weighted by Crippen LogP contribution is 2.31. The summed E-state index contributed by atoms with van der Waals surface area (Å²) in [5.41, 5.74) is 6.58. The fourth-order valence-corrected chi connectivity index (χ4v) is 2.47. The van der Waals surface area contributed by atoms with Crippen molar-refractivity contribution in [2.75, 3.05) is 20.0 Å². The van der Waals surface area contributed by atoms with E-state index < -0.39 is 5.97 Å². The third kappa shape index (κ3) is 3.27. The van der Waals surface area contributed by atoms with Crippen LogP contribution in [-0.2, 0) is 10.5 Å². The number of thioether (sulfide) groups is 1. The van der Waals surface area contributed by atoms with Crippen molar-refractivity contribution in [1.29, 1.82) is 0 Å². The van der Waals surface area contributed by atoms with E-state index in [1.54, 1.807) is 25.3 Å². The molecule has 0 saturated carbocycles. The van der Waals surface area contributed by atoms with E-state index >= 15 is 0 Å². The first kappa shape index (κ1) is 14.3. The van der Waals surface area contributed by atoms with Crippen LogP contribution in [0.5, 0.6) is 5.75 Å². The molecular formula is C14H15NO4S. The molecule has 0 unspecified atom stereocenters. The van der Waals surface area contributed by atoms with E-state index in [4.69, 9.17) is 14.9 Å². The molecule has 0 amide bonds. The summed E-state index contributed by atoms with van der Waals surface area (Å²) in [4.78, 5) is 12.2. The molecule has 106 valence electrons. The van der Waals surface area contributed by atoms with Crippen LogP contribution in [0.25, 0.3) is 0 Å². The minimum absolute atomic E-state index is 0.196. The van der Waals surface area contributed by atoms with Crippen molar-refractivity contribution in [3.05, 3.63) is 41.9 Å². The van der Waals surface area contributed by atoms with E-state index in [-0.39, 0.29) is 5.76 Å². The molecule has 0 atom stereocenters. The van der Waals surface area contributed by atoms with Gasteiger partial charge in [0.2, 0.25) is 5.76 Å². The predicted octanol–water partition coefficient (Wildman–Crippen LogP) is 2.95. The standard InChI is InChI=1S/C14H15NO4S/c1-17-9-3-5-11(15)13(7-9)20-8-10-4-6-12(19-10)14(16)18-2/h3-7H,8,15H2,1-2H3. The Labute approximate surface area is 121 Å². The van der Waals surface area contributed by atoms with Crippen molar-refractivity contribution in [3.8, 4) is 5.75 Å². The number of rotatable bonds is 5. The number of furan rings is 1. The second-order valence-corrected chi connectivity index (χ2v) is 4.97. The summed E-state index contributed by atoms with van der Waals surface area (Å²) >= 11 is 1.51. The minimum atomic E-state index is -0.484. The second-order valence-electron chi connectivity index (χ2n) is 3.95. The first-order valence-corrected chi connectivity index (χ1v) is 6.86. The van der Waals surface area contributed by atoms with E-state index in [1.165, 1.54) is 18.9 Å². The Hall–Kier alpha value is -2.08. The lowest BCUT2D eigenvalue weighted by atomic mass is 10.3. The Morgan fingerprint density at radius 2 is 2.10 bits per heavy atom. The van der Waals surface area contributed by atoms with Crippen molar-refractivity contribution in [3.63, 3.8) is 0 Å². The maximum Gasteiger partial charge on any atom is 0.373 e. The van der Waals surface area contributed by atoms with Gasteiger partial charge >= 0.3 is 5.97 Å². The lowest BCUT2D eigenvalue weighted by molar-refractivity contribution is 0.0563. The number of carbonyl (C=O) groups excluding carboxylic acids is 1. The van der Waals surface area contributed by atoms with Crippen LogP contribution >= 0.6 is 11.8 Å². The van der Waals surface area contributed by atoms with Gasteiger partial charge < -0.3 is 19.6 Å². The highest BCUT2D eigenvalue weighted by Gasteiger charge is 2.11. The largest absolute Gasteiger partial charge is 0.497 e. The third-order valence-electron chi connectivity index (χ3n) is 2.64. The molecule has 2 N–H and O–H groups in total. The number of methoxy groups -OCH3 is 2. The minimum Gasteiger partial charge on any atom is -0.497 e. The van der Waals surface area contributed by atoms with Gasteiger partial charge in [-0.2, -0.15) is 0 Å². The molecule has 0 fully saturated rings. The Morgan fingerprint density at radius 3 is 2.80 bits per heavy atom. The van der Waals surface area contributed by atoms with Crippen LogP contribution in [-0.4, -0.2) is 20.2 Å². The van der Waals surface area contributed by atoms with E-state index in [0.29, 0.717) is 17.2 Å². The predicted molar refractivity (Wildman–Crippen MR) is 77.0 cm³/mol. The number of nitrogen functional groups attached to an aromatic ring is 1. The summed E-state index contributed by atoms with van der Waals surface area (Å²) in [7, 11) is 2.92. The maximum absolute atomic E-state index is 11.3. The summed E-state index contributed by atoms with van der Waals surface area (Å²) < 4.78 is 15.1. The van der Waals surface area contributed by atoms with Gasteiger partial charge in [-0.25, -0.2) is 4.79 Å². The van der Waals surface area contributed by atoms with Gasteiger partial charge in [0.15, 0.2) is 0 Å². The van der Waals surface area contributed by atoms with Crippen molar-refractivity contribution >= 4 is 23.4 Å². The van der Waals surface area contributed by atoms with Crippen LogP contribution < -0.4 is 10.5 Å². The first-order valence-electron chi connectivity index (χ1n) is 5.87. The number of esters is 1. The highest BCUT2D eigenvalue weighted by molar-refractivity contribution is 7.98. The molecule has 0 spiro atoms. The highest BCUT2D eigenvalue weighted by atomic mass is 32.2. The summed E-state index contributed by atoms with van der Waals surface area (Å²) in [5.74, 6) is 1.70. The zero-order valence-corrected chi connectivity index (χ0v) is 12.0. The van der Waals surface area contributed by atoms with Crippen LogP contribution in [0.1, 0.15) is 16.3 Å². The van der Waals surface area contributed by atoms with E-state index in [2.05, 4.69) is 4.74 Å². The van der Waals surface area contributed by atoms with E-state index in [1.807, 2.05) is 12.1 Å². The number of carbonyl (C=O) groups is 1. The number of ether oxygens (including phenoxy) is 2. The number of benzene rings is 1. The molecule has 0 aliphatic heterocycles. The SMILES string of the molecule is COC(=O)c1ccc(CSc2cc(OC)ccc2N)o1. The fraction of sp³-hybridized carbons (Fsp3) is 0.214. The van der Waals surface area contributed by atoms with Crippen LogP contribution in [0.4, 0.5) is 5.69 Å². The molecule has 0 radical (unpaired) electrons. The zero-order valence-electron chi connectivity index (χ0n) is 11.2. The molecule has 6 heteroatoms. The lowest BCUT2D eigenvalue weighted by Gasteiger charge is -2.06. The van der Waals surface area contributed by atoms with Gasteiger partial charge in [0.1, 0.15) is 11.5 Å². The average molecular weight is 293 g/mol. The molecule has 2 rings (SSSR count).